The number of carbonyl (C=O) groups excluding carboxylic acids is 1. The Bertz CT molecular complexity index is 528. The zero-order chi connectivity index (χ0) is 14.9. The largest absolute Gasteiger partial charge is 0.469 e. The van der Waals surface area contributed by atoms with Gasteiger partial charge < -0.3 is 10.1 Å². The standard InChI is InChI=1S/C15H20N4O2/c1-21-15(20)14(13-6-3-2-4-7-13)12-16-8-5-10-19-11-9-17-18-19/h2-4,6-7,9,11,14,16H,5,8,10,12H2,1H3. The van der Waals surface area contributed by atoms with E-state index >= 15 is 0 Å². The lowest BCUT2D eigenvalue weighted by atomic mass is 9.99. The van der Waals surface area contributed by atoms with Crippen LogP contribution in [-0.2, 0) is 16.1 Å². The van der Waals surface area contributed by atoms with E-state index < -0.39 is 0 Å². The van der Waals surface area contributed by atoms with Gasteiger partial charge in [0.25, 0.3) is 0 Å². The summed E-state index contributed by atoms with van der Waals surface area (Å²) in [6.07, 6.45) is 4.42. The van der Waals surface area contributed by atoms with Crippen molar-refractivity contribution in [2.45, 2.75) is 18.9 Å². The number of esters is 1. The highest BCUT2D eigenvalue weighted by Gasteiger charge is 2.20. The fraction of sp³-hybridized carbons (Fsp3) is 0.400. The fourth-order valence-corrected chi connectivity index (χ4v) is 2.13. The van der Waals surface area contributed by atoms with Gasteiger partial charge in [-0.25, -0.2) is 0 Å². The molecule has 0 aliphatic heterocycles. The topological polar surface area (TPSA) is 69.0 Å². The van der Waals surface area contributed by atoms with Gasteiger partial charge in [0.2, 0.25) is 0 Å². The summed E-state index contributed by atoms with van der Waals surface area (Å²) in [4.78, 5) is 11.9. The molecule has 0 saturated carbocycles. The first kappa shape index (κ1) is 15.2. The van der Waals surface area contributed by atoms with Crippen LogP contribution < -0.4 is 5.32 Å². The van der Waals surface area contributed by atoms with Crippen LogP contribution in [0.5, 0.6) is 0 Å². The molecule has 6 heteroatoms. The number of benzene rings is 1. The predicted octanol–water partition coefficient (Wildman–Crippen LogP) is 1.21. The molecule has 0 aliphatic rings. The Morgan fingerprint density at radius 3 is 2.86 bits per heavy atom. The van der Waals surface area contributed by atoms with E-state index in [1.807, 2.05) is 36.5 Å². The molecule has 0 bridgehead atoms. The molecule has 1 aromatic heterocycles. The van der Waals surface area contributed by atoms with Gasteiger partial charge in [-0.3, -0.25) is 9.48 Å². The Morgan fingerprint density at radius 1 is 1.38 bits per heavy atom. The number of hydrogen-bond acceptors (Lipinski definition) is 5. The predicted molar refractivity (Wildman–Crippen MR) is 78.7 cm³/mol. The number of ether oxygens (including phenoxy) is 1. The van der Waals surface area contributed by atoms with E-state index in [0.29, 0.717) is 6.54 Å². The van der Waals surface area contributed by atoms with Crippen molar-refractivity contribution in [3.05, 3.63) is 48.3 Å². The minimum Gasteiger partial charge on any atom is -0.469 e. The third-order valence-electron chi connectivity index (χ3n) is 3.25. The minimum atomic E-state index is -0.275. The van der Waals surface area contributed by atoms with Crippen molar-refractivity contribution in [2.75, 3.05) is 20.2 Å². The Hall–Kier alpha value is -2.21. The van der Waals surface area contributed by atoms with E-state index in [4.69, 9.17) is 4.74 Å². The van der Waals surface area contributed by atoms with Crippen molar-refractivity contribution in [1.29, 1.82) is 0 Å². The summed E-state index contributed by atoms with van der Waals surface area (Å²) in [6, 6.07) is 9.67. The maximum Gasteiger partial charge on any atom is 0.314 e. The van der Waals surface area contributed by atoms with E-state index in [2.05, 4.69) is 15.6 Å². The number of nitrogens with one attached hydrogen (secondary N) is 1. The van der Waals surface area contributed by atoms with Crippen LogP contribution >= 0.6 is 0 Å². The van der Waals surface area contributed by atoms with Crippen molar-refractivity contribution >= 4 is 5.97 Å². The van der Waals surface area contributed by atoms with Crippen molar-refractivity contribution in [3.63, 3.8) is 0 Å². The molecule has 1 unspecified atom stereocenters. The van der Waals surface area contributed by atoms with E-state index in [0.717, 1.165) is 25.1 Å². The van der Waals surface area contributed by atoms with Gasteiger partial charge in [-0.1, -0.05) is 35.5 Å². The summed E-state index contributed by atoms with van der Waals surface area (Å²) in [5.41, 5.74) is 0.966. The molecule has 6 nitrogen and oxygen atoms in total. The van der Waals surface area contributed by atoms with E-state index in [1.165, 1.54) is 7.11 Å². The van der Waals surface area contributed by atoms with Gasteiger partial charge in [-0.05, 0) is 18.5 Å². The number of rotatable bonds is 8. The molecular formula is C15H20N4O2. The number of carbonyl (C=O) groups is 1. The zero-order valence-electron chi connectivity index (χ0n) is 12.1. The maximum atomic E-state index is 11.9. The second-order valence-corrected chi connectivity index (χ2v) is 4.71. The molecule has 0 spiro atoms. The molecule has 112 valence electrons. The van der Waals surface area contributed by atoms with Crippen LogP contribution in [0.15, 0.2) is 42.7 Å². The number of methoxy groups -OCH3 is 1. The van der Waals surface area contributed by atoms with E-state index in [9.17, 15) is 4.79 Å². The van der Waals surface area contributed by atoms with Gasteiger partial charge >= 0.3 is 5.97 Å². The lowest BCUT2D eigenvalue weighted by Gasteiger charge is -2.15. The molecule has 0 fully saturated rings. The summed E-state index contributed by atoms with van der Waals surface area (Å²) in [5.74, 6) is -0.493. The molecule has 2 aromatic rings. The molecule has 1 heterocycles. The van der Waals surface area contributed by atoms with E-state index in [1.54, 1.807) is 10.9 Å². The second-order valence-electron chi connectivity index (χ2n) is 4.71. The fourth-order valence-electron chi connectivity index (χ4n) is 2.13. The van der Waals surface area contributed by atoms with Crippen LogP contribution in [0.1, 0.15) is 17.9 Å². The Kier molecular flexibility index (Phi) is 5.90. The van der Waals surface area contributed by atoms with Crippen LogP contribution in [0.2, 0.25) is 0 Å². The molecular weight excluding hydrogens is 268 g/mol. The molecule has 0 saturated heterocycles. The second kappa shape index (κ2) is 8.16. The molecule has 1 atom stereocenters. The first-order chi connectivity index (χ1) is 10.3. The molecule has 2 rings (SSSR count). The number of nitrogens with zero attached hydrogens (tertiary/aromatic N) is 3. The highest BCUT2D eigenvalue weighted by molar-refractivity contribution is 5.78. The lowest BCUT2D eigenvalue weighted by molar-refractivity contribution is -0.142. The summed E-state index contributed by atoms with van der Waals surface area (Å²) in [7, 11) is 1.42. The first-order valence-electron chi connectivity index (χ1n) is 6.99. The van der Waals surface area contributed by atoms with Crippen molar-refractivity contribution in [3.8, 4) is 0 Å². The normalized spacial score (nSPS) is 12.0. The number of hydrogen-bond donors (Lipinski definition) is 1. The Balaban J connectivity index is 1.78. The SMILES string of the molecule is COC(=O)C(CNCCCn1ccnn1)c1ccccc1. The van der Waals surface area contributed by atoms with Gasteiger partial charge in [0.15, 0.2) is 0 Å². The maximum absolute atomic E-state index is 11.9. The van der Waals surface area contributed by atoms with Crippen LogP contribution in [-0.4, -0.2) is 41.2 Å². The molecule has 21 heavy (non-hydrogen) atoms. The molecule has 0 aliphatic carbocycles. The van der Waals surface area contributed by atoms with Crippen LogP contribution in [0.25, 0.3) is 0 Å². The van der Waals surface area contributed by atoms with Gasteiger partial charge in [-0.2, -0.15) is 0 Å². The average Bonchev–Trinajstić information content (AvgIpc) is 3.04. The third-order valence-corrected chi connectivity index (χ3v) is 3.25. The molecule has 1 N–H and O–H groups in total. The minimum absolute atomic E-state index is 0.218. The Morgan fingerprint density at radius 2 is 2.19 bits per heavy atom. The monoisotopic (exact) mass is 288 g/mol. The summed E-state index contributed by atoms with van der Waals surface area (Å²) < 4.78 is 6.67. The van der Waals surface area contributed by atoms with Crippen molar-refractivity contribution < 1.29 is 9.53 Å². The van der Waals surface area contributed by atoms with Crippen LogP contribution in [0.4, 0.5) is 0 Å². The highest BCUT2D eigenvalue weighted by atomic mass is 16.5. The third kappa shape index (κ3) is 4.68. The summed E-state index contributed by atoms with van der Waals surface area (Å²) >= 11 is 0. The zero-order valence-corrected chi connectivity index (χ0v) is 12.1. The lowest BCUT2D eigenvalue weighted by Crippen LogP contribution is -2.29. The van der Waals surface area contributed by atoms with Crippen molar-refractivity contribution in [2.24, 2.45) is 0 Å². The van der Waals surface area contributed by atoms with Gasteiger partial charge in [0, 0.05) is 19.3 Å². The highest BCUT2D eigenvalue weighted by Crippen LogP contribution is 2.16. The summed E-state index contributed by atoms with van der Waals surface area (Å²) in [5, 5.41) is 11.0. The van der Waals surface area contributed by atoms with E-state index in [-0.39, 0.29) is 11.9 Å². The quantitative estimate of drug-likeness (QED) is 0.584. The van der Waals surface area contributed by atoms with Crippen LogP contribution in [0.3, 0.4) is 0 Å². The van der Waals surface area contributed by atoms with Gasteiger partial charge in [0.05, 0.1) is 19.2 Å². The molecule has 0 radical (unpaired) electrons. The Labute approximate surface area is 124 Å². The van der Waals surface area contributed by atoms with Gasteiger partial charge in [0.1, 0.15) is 0 Å². The van der Waals surface area contributed by atoms with Crippen molar-refractivity contribution in [1.82, 2.24) is 20.3 Å². The molecule has 1 aromatic carbocycles. The molecule has 0 amide bonds. The first-order valence-corrected chi connectivity index (χ1v) is 6.99. The average molecular weight is 288 g/mol. The number of aromatic nitrogens is 3. The van der Waals surface area contributed by atoms with Gasteiger partial charge in [-0.15, -0.1) is 5.10 Å². The number of aryl methyl sites for hydroxylation is 1. The van der Waals surface area contributed by atoms with Crippen LogP contribution in [0, 0.1) is 0 Å². The summed E-state index contributed by atoms with van der Waals surface area (Å²) in [6.45, 7) is 2.18. The smallest absolute Gasteiger partial charge is 0.314 e.